The van der Waals surface area contributed by atoms with Gasteiger partial charge < -0.3 is 19.7 Å². The van der Waals surface area contributed by atoms with Crippen molar-refractivity contribution in [1.82, 2.24) is 0 Å². The molecule has 0 unspecified atom stereocenters. The Bertz CT molecular complexity index is 176. The molecule has 4 nitrogen and oxygen atoms in total. The van der Waals surface area contributed by atoms with Gasteiger partial charge in [0, 0.05) is 5.75 Å². The second-order valence-electron chi connectivity index (χ2n) is 3.93. The van der Waals surface area contributed by atoms with Crippen molar-refractivity contribution in [3.05, 3.63) is 0 Å². The number of aliphatic hydroxyl groups is 2. The second-order valence-corrected chi connectivity index (χ2v) is 4.30. The third-order valence-corrected chi connectivity index (χ3v) is 2.45. The van der Waals surface area contributed by atoms with Gasteiger partial charge in [-0.2, -0.15) is 12.6 Å². The highest BCUT2D eigenvalue weighted by Crippen LogP contribution is 2.23. The summed E-state index contributed by atoms with van der Waals surface area (Å²) < 4.78 is 10.6. The summed E-state index contributed by atoms with van der Waals surface area (Å²) in [6.45, 7) is 4.52. The highest BCUT2D eigenvalue weighted by atomic mass is 32.1. The Labute approximate surface area is 89.6 Å². The standard InChI is InChI=1S/C9H18O4S/c1-5(2)3-12-9-8(11)7(10)6(4-14)13-9/h5-11,14H,3-4H2,1-2H3/t6-,7-,8-,9-/m1/s1. The number of hydrogen-bond acceptors (Lipinski definition) is 5. The average Bonchev–Trinajstić information content (AvgIpc) is 2.41. The maximum atomic E-state index is 9.54. The van der Waals surface area contributed by atoms with E-state index in [1.165, 1.54) is 0 Å². The molecule has 5 heteroatoms. The lowest BCUT2D eigenvalue weighted by Gasteiger charge is -2.16. The number of ether oxygens (including phenoxy) is 2. The minimum Gasteiger partial charge on any atom is -0.387 e. The first-order chi connectivity index (χ1) is 6.56. The average molecular weight is 222 g/mol. The van der Waals surface area contributed by atoms with E-state index in [0.29, 0.717) is 18.3 Å². The third-order valence-electron chi connectivity index (χ3n) is 2.09. The summed E-state index contributed by atoms with van der Waals surface area (Å²) in [6.07, 6.45) is -3.02. The van der Waals surface area contributed by atoms with Crippen molar-refractivity contribution in [3.8, 4) is 0 Å². The molecular formula is C9H18O4S. The molecule has 1 heterocycles. The van der Waals surface area contributed by atoms with Crippen molar-refractivity contribution in [3.63, 3.8) is 0 Å². The lowest BCUT2D eigenvalue weighted by Crippen LogP contribution is -2.34. The fourth-order valence-corrected chi connectivity index (χ4v) is 1.59. The first-order valence-corrected chi connectivity index (χ1v) is 5.43. The molecule has 0 aromatic heterocycles. The van der Waals surface area contributed by atoms with Gasteiger partial charge in [0.1, 0.15) is 12.2 Å². The zero-order valence-corrected chi connectivity index (χ0v) is 9.35. The Balaban J connectivity index is 2.40. The van der Waals surface area contributed by atoms with Gasteiger partial charge in [-0.1, -0.05) is 13.8 Å². The van der Waals surface area contributed by atoms with Crippen LogP contribution < -0.4 is 0 Å². The van der Waals surface area contributed by atoms with Crippen LogP contribution in [0.25, 0.3) is 0 Å². The zero-order chi connectivity index (χ0) is 10.7. The van der Waals surface area contributed by atoms with Crippen molar-refractivity contribution in [1.29, 1.82) is 0 Å². The van der Waals surface area contributed by atoms with E-state index in [4.69, 9.17) is 9.47 Å². The number of aliphatic hydroxyl groups excluding tert-OH is 2. The van der Waals surface area contributed by atoms with Crippen LogP contribution in [-0.4, -0.2) is 47.2 Å². The molecule has 1 aliphatic rings. The molecule has 1 aliphatic heterocycles. The molecule has 84 valence electrons. The van der Waals surface area contributed by atoms with Gasteiger partial charge in [0.15, 0.2) is 6.29 Å². The normalized spacial score (nSPS) is 38.1. The minimum atomic E-state index is -0.967. The first kappa shape index (κ1) is 12.3. The Morgan fingerprint density at radius 1 is 1.36 bits per heavy atom. The van der Waals surface area contributed by atoms with E-state index < -0.39 is 24.6 Å². The first-order valence-electron chi connectivity index (χ1n) is 4.80. The number of rotatable bonds is 4. The summed E-state index contributed by atoms with van der Waals surface area (Å²) >= 11 is 4.01. The summed E-state index contributed by atoms with van der Waals surface area (Å²) in [5, 5.41) is 19.0. The largest absolute Gasteiger partial charge is 0.387 e. The predicted octanol–water partition coefficient (Wildman–Crippen LogP) is 0.0355. The van der Waals surface area contributed by atoms with Crippen molar-refractivity contribution in [2.45, 2.75) is 38.4 Å². The molecule has 1 rings (SSSR count). The van der Waals surface area contributed by atoms with E-state index >= 15 is 0 Å². The van der Waals surface area contributed by atoms with E-state index in [0.717, 1.165) is 0 Å². The van der Waals surface area contributed by atoms with Gasteiger partial charge in [-0.15, -0.1) is 0 Å². The van der Waals surface area contributed by atoms with Crippen LogP contribution in [0.4, 0.5) is 0 Å². The molecule has 0 spiro atoms. The van der Waals surface area contributed by atoms with E-state index in [2.05, 4.69) is 12.6 Å². The molecule has 4 atom stereocenters. The van der Waals surface area contributed by atoms with E-state index in [9.17, 15) is 10.2 Å². The molecule has 1 saturated heterocycles. The van der Waals surface area contributed by atoms with Crippen molar-refractivity contribution in [2.24, 2.45) is 5.92 Å². The summed E-state index contributed by atoms with van der Waals surface area (Å²) in [4.78, 5) is 0. The van der Waals surface area contributed by atoms with Gasteiger partial charge in [0.2, 0.25) is 0 Å². The number of hydrogen-bond donors (Lipinski definition) is 3. The molecule has 0 saturated carbocycles. The lowest BCUT2D eigenvalue weighted by molar-refractivity contribution is -0.167. The molecule has 2 N–H and O–H groups in total. The van der Waals surface area contributed by atoms with Crippen LogP contribution in [0.3, 0.4) is 0 Å². The fraction of sp³-hybridized carbons (Fsp3) is 1.00. The smallest absolute Gasteiger partial charge is 0.186 e. The van der Waals surface area contributed by atoms with E-state index in [1.54, 1.807) is 0 Å². The SMILES string of the molecule is CC(C)CO[C@@H]1O[C@H](CS)[C@@H](O)[C@H]1O. The molecule has 0 aromatic carbocycles. The van der Waals surface area contributed by atoms with Crippen molar-refractivity contribution >= 4 is 12.6 Å². The van der Waals surface area contributed by atoms with Crippen LogP contribution in [0.15, 0.2) is 0 Å². The summed E-state index contributed by atoms with van der Waals surface area (Å²) in [7, 11) is 0. The van der Waals surface area contributed by atoms with Crippen LogP contribution in [0.2, 0.25) is 0 Å². The second kappa shape index (κ2) is 5.32. The molecule has 0 radical (unpaired) electrons. The third kappa shape index (κ3) is 2.84. The van der Waals surface area contributed by atoms with Crippen LogP contribution in [0, 0.1) is 5.92 Å². The van der Waals surface area contributed by atoms with Crippen LogP contribution >= 0.6 is 12.6 Å². The van der Waals surface area contributed by atoms with E-state index in [1.807, 2.05) is 13.8 Å². The van der Waals surface area contributed by atoms with Crippen molar-refractivity contribution in [2.75, 3.05) is 12.4 Å². The van der Waals surface area contributed by atoms with Gasteiger partial charge in [0.25, 0.3) is 0 Å². The molecular weight excluding hydrogens is 204 g/mol. The Kier molecular flexibility index (Phi) is 4.66. The van der Waals surface area contributed by atoms with Gasteiger partial charge in [-0.05, 0) is 5.92 Å². The maximum absolute atomic E-state index is 9.54. The minimum absolute atomic E-state index is 0.373. The molecule has 0 bridgehead atoms. The Hall–Kier alpha value is 0.190. The van der Waals surface area contributed by atoms with Crippen LogP contribution in [0.5, 0.6) is 0 Å². The van der Waals surface area contributed by atoms with Gasteiger partial charge in [-0.3, -0.25) is 0 Å². The van der Waals surface area contributed by atoms with Gasteiger partial charge in [-0.25, -0.2) is 0 Å². The fourth-order valence-electron chi connectivity index (χ4n) is 1.29. The van der Waals surface area contributed by atoms with Crippen LogP contribution in [0.1, 0.15) is 13.8 Å². The molecule has 0 aliphatic carbocycles. The van der Waals surface area contributed by atoms with Gasteiger partial charge >= 0.3 is 0 Å². The topological polar surface area (TPSA) is 58.9 Å². The van der Waals surface area contributed by atoms with E-state index in [-0.39, 0.29) is 0 Å². The monoisotopic (exact) mass is 222 g/mol. The highest BCUT2D eigenvalue weighted by Gasteiger charge is 2.42. The lowest BCUT2D eigenvalue weighted by atomic mass is 10.1. The number of thiol groups is 1. The maximum Gasteiger partial charge on any atom is 0.186 e. The molecule has 14 heavy (non-hydrogen) atoms. The predicted molar refractivity (Wildman–Crippen MR) is 55.3 cm³/mol. The summed E-state index contributed by atoms with van der Waals surface area (Å²) in [5.41, 5.74) is 0. The Morgan fingerprint density at radius 2 is 2.00 bits per heavy atom. The zero-order valence-electron chi connectivity index (χ0n) is 8.46. The quantitative estimate of drug-likeness (QED) is 0.588. The summed E-state index contributed by atoms with van der Waals surface area (Å²) in [5.74, 6) is 0.748. The Morgan fingerprint density at radius 3 is 2.43 bits per heavy atom. The highest BCUT2D eigenvalue weighted by molar-refractivity contribution is 7.80. The molecule has 0 amide bonds. The van der Waals surface area contributed by atoms with Gasteiger partial charge in [0.05, 0.1) is 12.7 Å². The van der Waals surface area contributed by atoms with Crippen LogP contribution in [-0.2, 0) is 9.47 Å². The molecule has 1 fully saturated rings. The summed E-state index contributed by atoms with van der Waals surface area (Å²) in [6, 6.07) is 0. The van der Waals surface area contributed by atoms with Crippen molar-refractivity contribution < 1.29 is 19.7 Å². The molecule has 0 aromatic rings.